The molecular formula is C8H15NO4. The van der Waals surface area contributed by atoms with Gasteiger partial charge in [0.05, 0.1) is 13.2 Å². The maximum absolute atomic E-state index is 10.3. The van der Waals surface area contributed by atoms with Gasteiger partial charge in [0.15, 0.2) is 0 Å². The number of ether oxygens (including phenoxy) is 1. The maximum atomic E-state index is 10.3. The fraction of sp³-hybridized carbons (Fsp3) is 0.625. The first-order chi connectivity index (χ1) is 6.18. The predicted molar refractivity (Wildman–Crippen MR) is 47.2 cm³/mol. The highest BCUT2D eigenvalue weighted by Gasteiger charge is 1.97. The molecule has 0 saturated carbocycles. The third kappa shape index (κ3) is 7.45. The van der Waals surface area contributed by atoms with Gasteiger partial charge in [-0.1, -0.05) is 6.08 Å². The van der Waals surface area contributed by atoms with Gasteiger partial charge >= 0.3 is 5.97 Å². The molecular weight excluding hydrogens is 174 g/mol. The number of rotatable bonds is 7. The average molecular weight is 189 g/mol. The Hall–Kier alpha value is -0.910. The van der Waals surface area contributed by atoms with Crippen molar-refractivity contribution in [3.63, 3.8) is 0 Å². The molecule has 76 valence electrons. The van der Waals surface area contributed by atoms with Crippen molar-refractivity contribution in [2.75, 3.05) is 26.9 Å². The van der Waals surface area contributed by atoms with Gasteiger partial charge in [-0.05, 0) is 6.92 Å². The Bertz CT molecular complexity index is 179. The summed E-state index contributed by atoms with van der Waals surface area (Å²) in [5.74, 6) is -0.918. The summed E-state index contributed by atoms with van der Waals surface area (Å²) in [6, 6.07) is 0. The predicted octanol–water partition coefficient (Wildman–Crippen LogP) is 0.185. The highest BCUT2D eigenvalue weighted by atomic mass is 16.7. The largest absolute Gasteiger partial charge is 0.478 e. The van der Waals surface area contributed by atoms with Crippen LogP contribution in [0, 0.1) is 0 Å². The van der Waals surface area contributed by atoms with Crippen molar-refractivity contribution in [1.82, 2.24) is 5.48 Å². The lowest BCUT2D eigenvalue weighted by molar-refractivity contribution is -0.132. The molecule has 0 saturated heterocycles. The Morgan fingerprint density at radius 3 is 2.77 bits per heavy atom. The molecule has 0 aliphatic rings. The molecule has 0 heterocycles. The third-order valence-electron chi connectivity index (χ3n) is 1.32. The number of aliphatic carboxylic acids is 1. The molecule has 13 heavy (non-hydrogen) atoms. The lowest BCUT2D eigenvalue weighted by Gasteiger charge is -2.02. The molecule has 0 rings (SSSR count). The van der Waals surface area contributed by atoms with Gasteiger partial charge in [-0.3, -0.25) is 4.84 Å². The van der Waals surface area contributed by atoms with Crippen LogP contribution >= 0.6 is 0 Å². The van der Waals surface area contributed by atoms with Crippen molar-refractivity contribution in [2.24, 2.45) is 0 Å². The van der Waals surface area contributed by atoms with E-state index in [4.69, 9.17) is 14.7 Å². The number of hydroxylamine groups is 1. The molecule has 0 aromatic heterocycles. The topological polar surface area (TPSA) is 67.8 Å². The molecule has 0 fully saturated rings. The lowest BCUT2D eigenvalue weighted by atomic mass is 10.3. The molecule has 2 N–H and O–H groups in total. The van der Waals surface area contributed by atoms with E-state index in [0.29, 0.717) is 25.3 Å². The van der Waals surface area contributed by atoms with Crippen molar-refractivity contribution in [3.8, 4) is 0 Å². The van der Waals surface area contributed by atoms with Gasteiger partial charge in [-0.2, -0.15) is 5.48 Å². The first-order valence-electron chi connectivity index (χ1n) is 3.92. The van der Waals surface area contributed by atoms with Crippen LogP contribution in [0.4, 0.5) is 0 Å². The standard InChI is InChI=1S/C8H15NO4/c1-7(8(10)11)3-4-9-13-6-5-12-2/h3,9H,4-6H2,1-2H3,(H,10,11)/b7-3-. The van der Waals surface area contributed by atoms with Crippen molar-refractivity contribution >= 4 is 5.97 Å². The summed E-state index contributed by atoms with van der Waals surface area (Å²) in [7, 11) is 1.58. The normalized spacial score (nSPS) is 11.7. The van der Waals surface area contributed by atoms with Crippen LogP contribution in [0.15, 0.2) is 11.6 Å². The Kier molecular flexibility index (Phi) is 7.18. The van der Waals surface area contributed by atoms with Crippen LogP contribution in [0.1, 0.15) is 6.92 Å². The molecule has 0 aromatic carbocycles. The lowest BCUT2D eigenvalue weighted by Crippen LogP contribution is -2.18. The van der Waals surface area contributed by atoms with E-state index >= 15 is 0 Å². The maximum Gasteiger partial charge on any atom is 0.330 e. The zero-order valence-electron chi connectivity index (χ0n) is 7.87. The van der Waals surface area contributed by atoms with Gasteiger partial charge in [0.25, 0.3) is 0 Å². The molecule has 5 heteroatoms. The zero-order valence-corrected chi connectivity index (χ0v) is 7.87. The summed E-state index contributed by atoms with van der Waals surface area (Å²) >= 11 is 0. The second kappa shape index (κ2) is 7.72. The molecule has 0 spiro atoms. The highest BCUT2D eigenvalue weighted by molar-refractivity contribution is 5.85. The quantitative estimate of drug-likeness (QED) is 0.340. The number of carboxylic acids is 1. The van der Waals surface area contributed by atoms with Gasteiger partial charge in [0, 0.05) is 19.2 Å². The minimum Gasteiger partial charge on any atom is -0.478 e. The van der Waals surface area contributed by atoms with Gasteiger partial charge in [0.1, 0.15) is 0 Å². The molecule has 0 unspecified atom stereocenters. The van der Waals surface area contributed by atoms with Crippen molar-refractivity contribution < 1.29 is 19.5 Å². The van der Waals surface area contributed by atoms with E-state index in [1.165, 1.54) is 13.0 Å². The molecule has 0 bridgehead atoms. The number of methoxy groups -OCH3 is 1. The SMILES string of the molecule is COCCONC/C=C(/C)C(=O)O. The number of carbonyl (C=O) groups is 1. The van der Waals surface area contributed by atoms with Crippen LogP contribution in [0.3, 0.4) is 0 Å². The average Bonchev–Trinajstić information content (AvgIpc) is 2.10. The van der Waals surface area contributed by atoms with Crippen molar-refractivity contribution in [1.29, 1.82) is 0 Å². The molecule has 0 aliphatic heterocycles. The van der Waals surface area contributed by atoms with E-state index in [0.717, 1.165) is 0 Å². The molecule has 0 aromatic rings. The Morgan fingerprint density at radius 1 is 1.54 bits per heavy atom. The van der Waals surface area contributed by atoms with Gasteiger partial charge in [-0.15, -0.1) is 0 Å². The van der Waals surface area contributed by atoms with Gasteiger partial charge in [-0.25, -0.2) is 4.79 Å². The van der Waals surface area contributed by atoms with Crippen LogP contribution in [-0.4, -0.2) is 37.9 Å². The highest BCUT2D eigenvalue weighted by Crippen LogP contribution is 1.89. The van der Waals surface area contributed by atoms with Crippen LogP contribution in [0.5, 0.6) is 0 Å². The summed E-state index contributed by atoms with van der Waals surface area (Å²) in [5.41, 5.74) is 2.88. The molecule has 0 amide bonds. The van der Waals surface area contributed by atoms with E-state index in [1.54, 1.807) is 7.11 Å². The van der Waals surface area contributed by atoms with Crippen LogP contribution in [0.2, 0.25) is 0 Å². The fourth-order valence-electron chi connectivity index (χ4n) is 0.538. The van der Waals surface area contributed by atoms with E-state index in [9.17, 15) is 4.79 Å². The Balaban J connectivity index is 3.34. The Labute approximate surface area is 77.3 Å². The minimum atomic E-state index is -0.918. The number of hydrogen-bond acceptors (Lipinski definition) is 4. The summed E-state index contributed by atoms with van der Waals surface area (Å²) in [4.78, 5) is 15.2. The second-order valence-corrected chi connectivity index (χ2v) is 2.38. The molecule has 5 nitrogen and oxygen atoms in total. The second-order valence-electron chi connectivity index (χ2n) is 2.38. The smallest absolute Gasteiger partial charge is 0.330 e. The van der Waals surface area contributed by atoms with Crippen LogP contribution < -0.4 is 5.48 Å². The van der Waals surface area contributed by atoms with Gasteiger partial charge in [0.2, 0.25) is 0 Å². The number of nitrogens with one attached hydrogen (secondary N) is 1. The minimum absolute atomic E-state index is 0.294. The van der Waals surface area contributed by atoms with Crippen LogP contribution in [-0.2, 0) is 14.4 Å². The number of hydrogen-bond donors (Lipinski definition) is 2. The van der Waals surface area contributed by atoms with E-state index < -0.39 is 5.97 Å². The van der Waals surface area contributed by atoms with E-state index in [1.807, 2.05) is 0 Å². The first kappa shape index (κ1) is 12.1. The number of carboxylic acid groups (broad SMARTS) is 1. The summed E-state index contributed by atoms with van der Waals surface area (Å²) in [6.07, 6.45) is 1.54. The monoisotopic (exact) mass is 189 g/mol. The molecule has 0 atom stereocenters. The third-order valence-corrected chi connectivity index (χ3v) is 1.32. The molecule has 0 aliphatic carbocycles. The van der Waals surface area contributed by atoms with Crippen molar-refractivity contribution in [3.05, 3.63) is 11.6 Å². The first-order valence-corrected chi connectivity index (χ1v) is 3.92. The van der Waals surface area contributed by atoms with Crippen molar-refractivity contribution in [2.45, 2.75) is 6.92 Å². The Morgan fingerprint density at radius 2 is 2.23 bits per heavy atom. The fourth-order valence-corrected chi connectivity index (χ4v) is 0.538. The summed E-state index contributed by atoms with van der Waals surface area (Å²) in [5, 5.41) is 8.47. The summed E-state index contributed by atoms with van der Waals surface area (Å²) < 4.78 is 4.73. The zero-order chi connectivity index (χ0) is 10.1. The van der Waals surface area contributed by atoms with Crippen LogP contribution in [0.25, 0.3) is 0 Å². The van der Waals surface area contributed by atoms with Gasteiger partial charge < -0.3 is 9.84 Å². The molecule has 0 radical (unpaired) electrons. The van der Waals surface area contributed by atoms with E-state index in [-0.39, 0.29) is 0 Å². The van der Waals surface area contributed by atoms with E-state index in [2.05, 4.69) is 5.48 Å². The summed E-state index contributed by atoms with van der Waals surface area (Å²) in [6.45, 7) is 2.85.